The van der Waals surface area contributed by atoms with E-state index in [0.717, 1.165) is 58.6 Å². The van der Waals surface area contributed by atoms with Gasteiger partial charge in [-0.05, 0) is 68.2 Å². The molecule has 5 rings (SSSR count). The highest BCUT2D eigenvalue weighted by Gasteiger charge is 2.35. The van der Waals surface area contributed by atoms with Crippen molar-refractivity contribution in [2.75, 3.05) is 24.6 Å². The topological polar surface area (TPSA) is 60.2 Å². The number of rotatable bonds is 5. The SMILES string of the molecule is CCOC(=O)c1cc(N2CCC3CCCC3C2)c2c(C(C)C)nn(-c3cccc(C)c3)c2n1. The number of piperidine rings is 1. The Bertz CT molecular complexity index is 1180. The normalized spacial score (nSPS) is 20.5. The maximum atomic E-state index is 12.8. The van der Waals surface area contributed by atoms with Gasteiger partial charge in [0.2, 0.25) is 0 Å². The zero-order valence-corrected chi connectivity index (χ0v) is 20.2. The lowest BCUT2D eigenvalue weighted by Gasteiger charge is -2.37. The Labute approximate surface area is 195 Å². The minimum atomic E-state index is -0.375. The molecule has 2 atom stereocenters. The summed E-state index contributed by atoms with van der Waals surface area (Å²) in [5.41, 5.74) is 5.32. The van der Waals surface area contributed by atoms with Crippen LogP contribution in [0.5, 0.6) is 0 Å². The molecule has 1 aliphatic carbocycles. The van der Waals surface area contributed by atoms with Gasteiger partial charge in [-0.3, -0.25) is 0 Å². The molecule has 1 saturated heterocycles. The number of ether oxygens (including phenoxy) is 1. The molecule has 1 aliphatic heterocycles. The molecule has 1 saturated carbocycles. The lowest BCUT2D eigenvalue weighted by Crippen LogP contribution is -2.38. The quantitative estimate of drug-likeness (QED) is 0.474. The van der Waals surface area contributed by atoms with Crippen LogP contribution < -0.4 is 4.90 Å². The number of aromatic nitrogens is 3. The lowest BCUT2D eigenvalue weighted by molar-refractivity contribution is 0.0520. The maximum absolute atomic E-state index is 12.8. The van der Waals surface area contributed by atoms with Crippen LogP contribution in [0.4, 0.5) is 5.69 Å². The van der Waals surface area contributed by atoms with Crippen molar-refractivity contribution in [3.05, 3.63) is 47.3 Å². The molecule has 2 unspecified atom stereocenters. The second-order valence-corrected chi connectivity index (χ2v) is 9.92. The highest BCUT2D eigenvalue weighted by Crippen LogP contribution is 2.42. The minimum Gasteiger partial charge on any atom is -0.461 e. The van der Waals surface area contributed by atoms with Gasteiger partial charge in [-0.1, -0.05) is 38.8 Å². The van der Waals surface area contributed by atoms with E-state index >= 15 is 0 Å². The summed E-state index contributed by atoms with van der Waals surface area (Å²) >= 11 is 0. The number of aryl methyl sites for hydroxylation is 1. The van der Waals surface area contributed by atoms with E-state index in [1.807, 2.05) is 29.8 Å². The van der Waals surface area contributed by atoms with Crippen molar-refractivity contribution in [2.24, 2.45) is 11.8 Å². The Kier molecular flexibility index (Phi) is 5.85. The van der Waals surface area contributed by atoms with Crippen molar-refractivity contribution in [3.63, 3.8) is 0 Å². The summed E-state index contributed by atoms with van der Waals surface area (Å²) in [5, 5.41) is 6.11. The Balaban J connectivity index is 1.72. The molecular formula is C27H34N4O2. The first kappa shape index (κ1) is 21.9. The van der Waals surface area contributed by atoms with E-state index in [4.69, 9.17) is 14.8 Å². The minimum absolute atomic E-state index is 0.233. The number of hydrogen-bond acceptors (Lipinski definition) is 5. The van der Waals surface area contributed by atoms with Crippen LogP contribution >= 0.6 is 0 Å². The van der Waals surface area contributed by atoms with Crippen molar-refractivity contribution in [2.45, 2.75) is 59.3 Å². The highest BCUT2D eigenvalue weighted by atomic mass is 16.5. The van der Waals surface area contributed by atoms with Crippen LogP contribution in [0.25, 0.3) is 16.7 Å². The zero-order chi connectivity index (χ0) is 23.1. The molecular weight excluding hydrogens is 412 g/mol. The third kappa shape index (κ3) is 4.00. The summed E-state index contributed by atoms with van der Waals surface area (Å²) < 4.78 is 7.27. The van der Waals surface area contributed by atoms with Gasteiger partial charge in [0, 0.05) is 13.1 Å². The summed E-state index contributed by atoms with van der Waals surface area (Å²) in [5.74, 6) is 1.45. The van der Waals surface area contributed by atoms with Crippen LogP contribution in [0.2, 0.25) is 0 Å². The predicted molar refractivity (Wildman–Crippen MR) is 131 cm³/mol. The Morgan fingerprint density at radius 2 is 2.00 bits per heavy atom. The number of pyridine rings is 1. The average molecular weight is 447 g/mol. The summed E-state index contributed by atoms with van der Waals surface area (Å²) in [6, 6.07) is 10.2. The smallest absolute Gasteiger partial charge is 0.357 e. The molecule has 6 heteroatoms. The third-order valence-electron chi connectivity index (χ3n) is 7.30. The fraction of sp³-hybridized carbons (Fsp3) is 0.519. The van der Waals surface area contributed by atoms with Gasteiger partial charge in [0.25, 0.3) is 0 Å². The first-order valence-corrected chi connectivity index (χ1v) is 12.4. The van der Waals surface area contributed by atoms with Crippen molar-refractivity contribution in [1.82, 2.24) is 14.8 Å². The number of hydrogen-bond donors (Lipinski definition) is 0. The van der Waals surface area contributed by atoms with Crippen molar-refractivity contribution < 1.29 is 9.53 Å². The van der Waals surface area contributed by atoms with Crippen LogP contribution in [-0.2, 0) is 4.74 Å². The van der Waals surface area contributed by atoms with Gasteiger partial charge in [-0.15, -0.1) is 0 Å². The Morgan fingerprint density at radius 1 is 1.18 bits per heavy atom. The monoisotopic (exact) mass is 446 g/mol. The van der Waals surface area contributed by atoms with E-state index < -0.39 is 0 Å². The van der Waals surface area contributed by atoms with Crippen molar-refractivity contribution in [1.29, 1.82) is 0 Å². The van der Waals surface area contributed by atoms with Gasteiger partial charge in [0.1, 0.15) is 0 Å². The molecule has 2 fully saturated rings. The summed E-state index contributed by atoms with van der Waals surface area (Å²) in [6.45, 7) is 10.6. The van der Waals surface area contributed by atoms with E-state index in [1.165, 1.54) is 25.7 Å². The van der Waals surface area contributed by atoms with Gasteiger partial charge < -0.3 is 9.64 Å². The Hall–Kier alpha value is -2.89. The second kappa shape index (κ2) is 8.81. The van der Waals surface area contributed by atoms with Crippen molar-refractivity contribution >= 4 is 22.7 Å². The largest absolute Gasteiger partial charge is 0.461 e. The fourth-order valence-electron chi connectivity index (χ4n) is 5.67. The van der Waals surface area contributed by atoms with Crippen LogP contribution in [0, 0.1) is 18.8 Å². The molecule has 6 nitrogen and oxygen atoms in total. The molecule has 174 valence electrons. The molecule has 2 aromatic heterocycles. The van der Waals surface area contributed by atoms with Crippen LogP contribution in [0.1, 0.15) is 74.1 Å². The van der Waals surface area contributed by atoms with E-state index in [2.05, 4.69) is 37.8 Å². The number of carbonyl (C=O) groups is 1. The fourth-order valence-corrected chi connectivity index (χ4v) is 5.67. The van der Waals surface area contributed by atoms with E-state index in [-0.39, 0.29) is 11.9 Å². The van der Waals surface area contributed by atoms with Crippen LogP contribution in [0.3, 0.4) is 0 Å². The van der Waals surface area contributed by atoms with Crippen LogP contribution in [-0.4, -0.2) is 40.4 Å². The standard InChI is InChI=1S/C27H34N4O2/c1-5-33-27(32)22-15-23(30-13-12-19-9-7-10-20(19)16-30)24-25(17(2)3)29-31(26(24)28-22)21-11-6-8-18(4)14-21/h6,8,11,14-15,17,19-20H,5,7,9-10,12-13,16H2,1-4H3. The van der Waals surface area contributed by atoms with Gasteiger partial charge in [0.05, 0.1) is 29.1 Å². The molecule has 0 bridgehead atoms. The molecule has 0 N–H and O–H groups in total. The first-order valence-electron chi connectivity index (χ1n) is 12.4. The molecule has 2 aliphatic rings. The van der Waals surface area contributed by atoms with Gasteiger partial charge in [-0.2, -0.15) is 5.10 Å². The molecule has 3 aromatic rings. The average Bonchev–Trinajstić information content (AvgIpc) is 3.43. The number of esters is 1. The summed E-state index contributed by atoms with van der Waals surface area (Å²) in [6.07, 6.45) is 5.22. The maximum Gasteiger partial charge on any atom is 0.357 e. The molecule has 3 heterocycles. The highest BCUT2D eigenvalue weighted by molar-refractivity contribution is 5.99. The molecule has 0 amide bonds. The molecule has 33 heavy (non-hydrogen) atoms. The predicted octanol–water partition coefficient (Wildman–Crippen LogP) is 5.66. The Morgan fingerprint density at radius 3 is 2.76 bits per heavy atom. The van der Waals surface area contributed by atoms with E-state index in [1.54, 1.807) is 0 Å². The van der Waals surface area contributed by atoms with Gasteiger partial charge >= 0.3 is 5.97 Å². The number of fused-ring (bicyclic) bond motifs is 2. The second-order valence-electron chi connectivity index (χ2n) is 9.92. The first-order chi connectivity index (χ1) is 16.0. The number of anilines is 1. The third-order valence-corrected chi connectivity index (χ3v) is 7.30. The number of benzene rings is 1. The zero-order valence-electron chi connectivity index (χ0n) is 20.2. The number of nitrogens with zero attached hydrogens (tertiary/aromatic N) is 4. The molecule has 0 spiro atoms. The molecule has 1 aromatic carbocycles. The summed E-state index contributed by atoms with van der Waals surface area (Å²) in [4.78, 5) is 20.1. The van der Waals surface area contributed by atoms with E-state index in [0.29, 0.717) is 12.3 Å². The molecule has 0 radical (unpaired) electrons. The van der Waals surface area contributed by atoms with E-state index in [9.17, 15) is 4.79 Å². The summed E-state index contributed by atoms with van der Waals surface area (Å²) in [7, 11) is 0. The van der Waals surface area contributed by atoms with Crippen LogP contribution in [0.15, 0.2) is 30.3 Å². The van der Waals surface area contributed by atoms with Crippen molar-refractivity contribution in [3.8, 4) is 5.69 Å². The lowest BCUT2D eigenvalue weighted by atomic mass is 9.88. The number of carbonyl (C=O) groups excluding carboxylic acids is 1. The van der Waals surface area contributed by atoms with Gasteiger partial charge in [-0.25, -0.2) is 14.5 Å². The van der Waals surface area contributed by atoms with Gasteiger partial charge in [0.15, 0.2) is 11.3 Å².